The van der Waals surface area contributed by atoms with Crippen LogP contribution >= 0.6 is 27.5 Å². The first-order chi connectivity index (χ1) is 9.86. The Hall–Kier alpha value is -1.60. The molecule has 3 aromatic rings. The number of hydrogen-bond acceptors (Lipinski definition) is 2. The summed E-state index contributed by atoms with van der Waals surface area (Å²) >= 11 is 9.34. The zero-order valence-electron chi connectivity index (χ0n) is 10.2. The molecule has 0 aliphatic rings. The van der Waals surface area contributed by atoms with Gasteiger partial charge in [0.25, 0.3) is 0 Å². The number of fused-ring (bicyclic) bond motifs is 1. The quantitative estimate of drug-likeness (QED) is 0.569. The SMILES string of the molecule is FC(F)(F)c1cccc(-c2cc(Cl)n3ncc(Br)c3n2)c1. The Labute approximate surface area is 130 Å². The van der Waals surface area contributed by atoms with Crippen LogP contribution in [0.3, 0.4) is 0 Å². The van der Waals surface area contributed by atoms with E-state index in [1.807, 2.05) is 0 Å². The number of hydrogen-bond donors (Lipinski definition) is 0. The molecule has 0 saturated heterocycles. The van der Waals surface area contributed by atoms with Gasteiger partial charge in [0.05, 0.1) is 21.9 Å². The predicted octanol–water partition coefficient (Wildman–Crippen LogP) is 4.83. The molecule has 2 heterocycles. The lowest BCUT2D eigenvalue weighted by molar-refractivity contribution is -0.137. The molecule has 21 heavy (non-hydrogen) atoms. The van der Waals surface area contributed by atoms with E-state index in [4.69, 9.17) is 11.6 Å². The van der Waals surface area contributed by atoms with Crippen LogP contribution in [0.15, 0.2) is 41.0 Å². The van der Waals surface area contributed by atoms with Gasteiger partial charge in [-0.15, -0.1) is 0 Å². The minimum atomic E-state index is -4.40. The van der Waals surface area contributed by atoms with Gasteiger partial charge in [0, 0.05) is 11.6 Å². The van der Waals surface area contributed by atoms with E-state index in [2.05, 4.69) is 26.0 Å². The van der Waals surface area contributed by atoms with Gasteiger partial charge in [0.15, 0.2) is 5.65 Å². The summed E-state index contributed by atoms with van der Waals surface area (Å²) in [5.41, 5.74) is 0.391. The topological polar surface area (TPSA) is 30.2 Å². The van der Waals surface area contributed by atoms with Gasteiger partial charge in [-0.1, -0.05) is 23.7 Å². The molecular formula is C13H6BrClF3N3. The van der Waals surface area contributed by atoms with Crippen LogP contribution < -0.4 is 0 Å². The van der Waals surface area contributed by atoms with Gasteiger partial charge < -0.3 is 0 Å². The molecule has 108 valence electrons. The lowest BCUT2D eigenvalue weighted by Gasteiger charge is -2.09. The average Bonchev–Trinajstić information content (AvgIpc) is 2.80. The zero-order valence-corrected chi connectivity index (χ0v) is 12.5. The van der Waals surface area contributed by atoms with E-state index < -0.39 is 11.7 Å². The molecule has 3 rings (SSSR count). The van der Waals surface area contributed by atoms with Crippen LogP contribution in [0.4, 0.5) is 13.2 Å². The van der Waals surface area contributed by atoms with E-state index in [1.165, 1.54) is 22.8 Å². The number of rotatable bonds is 1. The van der Waals surface area contributed by atoms with Crippen LogP contribution in [-0.2, 0) is 6.18 Å². The first kappa shape index (κ1) is 14.3. The van der Waals surface area contributed by atoms with E-state index in [0.29, 0.717) is 21.4 Å². The lowest BCUT2D eigenvalue weighted by Crippen LogP contribution is -2.04. The van der Waals surface area contributed by atoms with Crippen molar-refractivity contribution in [2.45, 2.75) is 6.18 Å². The van der Waals surface area contributed by atoms with Gasteiger partial charge in [0.1, 0.15) is 5.15 Å². The number of aromatic nitrogens is 3. The summed E-state index contributed by atoms with van der Waals surface area (Å²) in [5, 5.41) is 4.27. The highest BCUT2D eigenvalue weighted by molar-refractivity contribution is 9.10. The van der Waals surface area contributed by atoms with Crippen molar-refractivity contribution in [3.63, 3.8) is 0 Å². The van der Waals surface area contributed by atoms with Gasteiger partial charge in [0.2, 0.25) is 0 Å². The third-order valence-electron chi connectivity index (χ3n) is 2.87. The van der Waals surface area contributed by atoms with Crippen molar-refractivity contribution in [2.24, 2.45) is 0 Å². The summed E-state index contributed by atoms with van der Waals surface area (Å²) in [7, 11) is 0. The zero-order chi connectivity index (χ0) is 15.2. The maximum Gasteiger partial charge on any atom is 0.416 e. The predicted molar refractivity (Wildman–Crippen MR) is 76.1 cm³/mol. The van der Waals surface area contributed by atoms with Crippen LogP contribution in [0.5, 0.6) is 0 Å². The second kappa shape index (κ2) is 4.99. The second-order valence-corrected chi connectivity index (χ2v) is 5.51. The number of alkyl halides is 3. The molecule has 0 atom stereocenters. The van der Waals surface area contributed by atoms with Crippen LogP contribution in [0.2, 0.25) is 5.15 Å². The molecule has 0 aliphatic carbocycles. The third kappa shape index (κ3) is 2.63. The minimum Gasteiger partial charge on any atom is -0.227 e. The second-order valence-electron chi connectivity index (χ2n) is 4.27. The molecule has 0 spiro atoms. The number of halogens is 5. The molecule has 2 aromatic heterocycles. The molecule has 3 nitrogen and oxygen atoms in total. The van der Waals surface area contributed by atoms with E-state index in [9.17, 15) is 13.2 Å². The molecule has 0 aliphatic heterocycles. The molecule has 0 amide bonds. The number of benzene rings is 1. The number of nitrogens with zero attached hydrogens (tertiary/aromatic N) is 3. The Morgan fingerprint density at radius 2 is 1.95 bits per heavy atom. The minimum absolute atomic E-state index is 0.262. The average molecular weight is 377 g/mol. The Bertz CT molecular complexity index is 829. The monoisotopic (exact) mass is 375 g/mol. The first-order valence-corrected chi connectivity index (χ1v) is 6.91. The van der Waals surface area contributed by atoms with Gasteiger partial charge in [-0.2, -0.15) is 18.3 Å². The maximum absolute atomic E-state index is 12.8. The molecule has 0 radical (unpaired) electrons. The summed E-state index contributed by atoms with van der Waals surface area (Å²) in [5.74, 6) is 0. The normalized spacial score (nSPS) is 12.0. The standard InChI is InChI=1S/C13H6BrClF3N3/c14-9-6-19-21-11(15)5-10(20-12(9)21)7-2-1-3-8(4-7)13(16,17)18/h1-6H. The fourth-order valence-corrected chi connectivity index (χ4v) is 2.48. The van der Waals surface area contributed by atoms with Crippen LogP contribution in [0.25, 0.3) is 16.9 Å². The van der Waals surface area contributed by atoms with Gasteiger partial charge in [-0.25, -0.2) is 9.50 Å². The molecule has 0 unspecified atom stereocenters. The van der Waals surface area contributed by atoms with Crippen molar-refractivity contribution in [1.29, 1.82) is 0 Å². The molecular weight excluding hydrogens is 371 g/mol. The molecule has 0 saturated carbocycles. The Morgan fingerprint density at radius 3 is 2.67 bits per heavy atom. The van der Waals surface area contributed by atoms with Crippen molar-refractivity contribution < 1.29 is 13.2 Å². The Kier molecular flexibility index (Phi) is 3.41. The van der Waals surface area contributed by atoms with Gasteiger partial charge >= 0.3 is 6.18 Å². The summed E-state index contributed by atoms with van der Waals surface area (Å²) in [4.78, 5) is 4.29. The Morgan fingerprint density at radius 1 is 1.19 bits per heavy atom. The molecule has 0 fully saturated rings. The van der Waals surface area contributed by atoms with Crippen LogP contribution in [0.1, 0.15) is 5.56 Å². The summed E-state index contributed by atoms with van der Waals surface area (Å²) < 4.78 is 40.3. The van der Waals surface area contributed by atoms with E-state index in [1.54, 1.807) is 6.07 Å². The highest BCUT2D eigenvalue weighted by Crippen LogP contribution is 2.32. The summed E-state index contributed by atoms with van der Waals surface area (Å²) in [6.07, 6.45) is -2.88. The largest absolute Gasteiger partial charge is 0.416 e. The first-order valence-electron chi connectivity index (χ1n) is 5.73. The van der Waals surface area contributed by atoms with Gasteiger partial charge in [-0.3, -0.25) is 0 Å². The van der Waals surface area contributed by atoms with E-state index >= 15 is 0 Å². The fourth-order valence-electron chi connectivity index (χ4n) is 1.90. The van der Waals surface area contributed by atoms with Crippen LogP contribution in [-0.4, -0.2) is 14.6 Å². The van der Waals surface area contributed by atoms with E-state index in [-0.39, 0.29) is 5.15 Å². The smallest absolute Gasteiger partial charge is 0.227 e. The molecule has 8 heteroatoms. The van der Waals surface area contributed by atoms with Crippen LogP contribution in [0, 0.1) is 0 Å². The maximum atomic E-state index is 12.8. The van der Waals surface area contributed by atoms with Crippen molar-refractivity contribution in [1.82, 2.24) is 14.6 Å². The lowest BCUT2D eigenvalue weighted by atomic mass is 10.1. The fraction of sp³-hybridized carbons (Fsp3) is 0.0769. The molecule has 0 N–H and O–H groups in total. The highest BCUT2D eigenvalue weighted by Gasteiger charge is 2.30. The van der Waals surface area contributed by atoms with Crippen molar-refractivity contribution in [2.75, 3.05) is 0 Å². The van der Waals surface area contributed by atoms with Gasteiger partial charge in [-0.05, 0) is 28.1 Å². The summed E-state index contributed by atoms with van der Waals surface area (Å²) in [6.45, 7) is 0. The third-order valence-corrected chi connectivity index (χ3v) is 3.70. The van der Waals surface area contributed by atoms with Crippen molar-refractivity contribution in [3.05, 3.63) is 51.7 Å². The molecule has 1 aromatic carbocycles. The molecule has 0 bridgehead atoms. The van der Waals surface area contributed by atoms with Crippen molar-refractivity contribution >= 4 is 33.2 Å². The highest BCUT2D eigenvalue weighted by atomic mass is 79.9. The Balaban J connectivity index is 2.18. The van der Waals surface area contributed by atoms with E-state index in [0.717, 1.165) is 12.1 Å². The summed E-state index contributed by atoms with van der Waals surface area (Å²) in [6, 6.07) is 6.42. The van der Waals surface area contributed by atoms with Crippen molar-refractivity contribution in [3.8, 4) is 11.3 Å².